The molecule has 0 aliphatic heterocycles. The highest BCUT2D eigenvalue weighted by Gasteiger charge is 2.22. The molecule has 3 aromatic heterocycles. The van der Waals surface area contributed by atoms with Crippen LogP contribution in [-0.4, -0.2) is 9.13 Å². The van der Waals surface area contributed by atoms with Crippen LogP contribution in [0.3, 0.4) is 0 Å². The van der Waals surface area contributed by atoms with Crippen LogP contribution in [0.4, 0.5) is 0 Å². The Labute approximate surface area is 223 Å². The fraction of sp³-hybridized carbons (Fsp3) is 0. The van der Waals surface area contributed by atoms with Crippen molar-refractivity contribution in [3.8, 4) is 11.4 Å². The van der Waals surface area contributed by atoms with Crippen molar-refractivity contribution < 1.29 is 4.42 Å². The summed E-state index contributed by atoms with van der Waals surface area (Å²) in [5.74, 6) is 0. The van der Waals surface area contributed by atoms with Gasteiger partial charge in [-0.15, -0.1) is 0 Å². The fourth-order valence-electron chi connectivity index (χ4n) is 6.53. The molecule has 3 heteroatoms. The summed E-state index contributed by atoms with van der Waals surface area (Å²) >= 11 is 0. The van der Waals surface area contributed by atoms with Crippen LogP contribution < -0.4 is 0 Å². The molecule has 9 rings (SSSR count). The predicted octanol–water partition coefficient (Wildman–Crippen LogP) is 9.78. The first-order valence-corrected chi connectivity index (χ1v) is 13.3. The monoisotopic (exact) mass is 498 g/mol. The van der Waals surface area contributed by atoms with E-state index < -0.39 is 0 Å². The first-order chi connectivity index (χ1) is 19.4. The summed E-state index contributed by atoms with van der Waals surface area (Å²) in [6.45, 7) is 0. The third-order valence-corrected chi connectivity index (χ3v) is 8.10. The van der Waals surface area contributed by atoms with Crippen molar-refractivity contribution in [2.75, 3.05) is 0 Å². The van der Waals surface area contributed by atoms with Gasteiger partial charge < -0.3 is 13.6 Å². The summed E-state index contributed by atoms with van der Waals surface area (Å²) in [6, 6.07) is 47.4. The fourth-order valence-corrected chi connectivity index (χ4v) is 6.53. The van der Waals surface area contributed by atoms with Crippen LogP contribution in [-0.2, 0) is 0 Å². The minimum absolute atomic E-state index is 0.908. The van der Waals surface area contributed by atoms with Gasteiger partial charge in [-0.2, -0.15) is 0 Å². The Bertz CT molecular complexity index is 2370. The summed E-state index contributed by atoms with van der Waals surface area (Å²) in [5, 5.41) is 7.19. The second-order valence-electron chi connectivity index (χ2n) is 10.1. The summed E-state index contributed by atoms with van der Waals surface area (Å²) in [4.78, 5) is 0. The van der Waals surface area contributed by atoms with Gasteiger partial charge in [0.25, 0.3) is 0 Å². The molecule has 0 aliphatic carbocycles. The lowest BCUT2D eigenvalue weighted by atomic mass is 10.0. The van der Waals surface area contributed by atoms with Crippen LogP contribution in [0, 0.1) is 0 Å². The lowest BCUT2D eigenvalue weighted by Crippen LogP contribution is -1.93. The number of fused-ring (bicyclic) bond motifs is 11. The van der Waals surface area contributed by atoms with Gasteiger partial charge in [0.2, 0.25) is 0 Å². The van der Waals surface area contributed by atoms with Crippen LogP contribution in [0.25, 0.3) is 76.9 Å². The maximum absolute atomic E-state index is 6.80. The first-order valence-electron chi connectivity index (χ1n) is 13.3. The number of furan rings is 1. The van der Waals surface area contributed by atoms with Gasteiger partial charge in [-0.1, -0.05) is 78.9 Å². The van der Waals surface area contributed by atoms with Crippen molar-refractivity contribution in [2.24, 2.45) is 0 Å². The van der Waals surface area contributed by atoms with E-state index >= 15 is 0 Å². The molecule has 0 atom stereocenters. The predicted molar refractivity (Wildman–Crippen MR) is 162 cm³/mol. The molecule has 9 aromatic rings. The zero-order valence-electron chi connectivity index (χ0n) is 21.0. The molecule has 0 amide bonds. The Hall–Kier alpha value is -5.28. The van der Waals surface area contributed by atoms with Gasteiger partial charge in [0, 0.05) is 43.7 Å². The van der Waals surface area contributed by atoms with Crippen molar-refractivity contribution in [3.63, 3.8) is 0 Å². The normalized spacial score (nSPS) is 12.1. The van der Waals surface area contributed by atoms with E-state index in [-0.39, 0.29) is 0 Å². The number of aromatic nitrogens is 2. The summed E-state index contributed by atoms with van der Waals surface area (Å²) in [7, 11) is 0. The summed E-state index contributed by atoms with van der Waals surface area (Å²) in [5.41, 5.74) is 8.78. The van der Waals surface area contributed by atoms with Crippen LogP contribution in [0.2, 0.25) is 0 Å². The van der Waals surface area contributed by atoms with E-state index in [0.29, 0.717) is 0 Å². The molecule has 0 bridgehead atoms. The van der Waals surface area contributed by atoms with Crippen molar-refractivity contribution in [3.05, 3.63) is 133 Å². The standard InChI is InChI=1S/C36H22N2O/c1-3-11-23(12-4-1)37-30-18-10-8-16-27(30)33-31(37)21-22-32-34(33)28-20-19-26-25-15-7-9-17-29(25)38(35(26)36(28)39-32)24-13-5-2-6-14-24/h1-22H. The molecule has 0 fully saturated rings. The number of rotatable bonds is 2. The van der Waals surface area contributed by atoms with E-state index in [2.05, 4.69) is 143 Å². The molecule has 0 saturated carbocycles. The maximum atomic E-state index is 6.80. The highest BCUT2D eigenvalue weighted by molar-refractivity contribution is 6.30. The molecule has 6 aromatic carbocycles. The SMILES string of the molecule is c1ccc(-n2c3ccccc3c3c4c(ccc32)oc2c4ccc3c4ccccc4n(-c4ccccc4)c32)cc1. The lowest BCUT2D eigenvalue weighted by Gasteiger charge is -2.07. The zero-order valence-corrected chi connectivity index (χ0v) is 21.0. The molecule has 0 N–H and O–H groups in total. The molecule has 0 aliphatic rings. The third-order valence-electron chi connectivity index (χ3n) is 8.10. The molecule has 0 radical (unpaired) electrons. The van der Waals surface area contributed by atoms with Gasteiger partial charge in [0.1, 0.15) is 5.58 Å². The average Bonchev–Trinajstić information content (AvgIpc) is 3.65. The van der Waals surface area contributed by atoms with Gasteiger partial charge in [-0.05, 0) is 54.6 Å². The van der Waals surface area contributed by atoms with Gasteiger partial charge in [-0.3, -0.25) is 0 Å². The number of benzene rings is 6. The van der Waals surface area contributed by atoms with E-state index in [1.807, 2.05) is 0 Å². The van der Waals surface area contributed by atoms with E-state index in [1.165, 1.54) is 43.5 Å². The van der Waals surface area contributed by atoms with Crippen LogP contribution >= 0.6 is 0 Å². The molecule has 0 unspecified atom stereocenters. The molecular weight excluding hydrogens is 476 g/mol. The average molecular weight is 499 g/mol. The van der Waals surface area contributed by atoms with Crippen molar-refractivity contribution >= 4 is 65.6 Å². The number of para-hydroxylation sites is 4. The smallest absolute Gasteiger partial charge is 0.160 e. The highest BCUT2D eigenvalue weighted by atomic mass is 16.3. The molecule has 0 spiro atoms. The Morgan fingerprint density at radius 2 is 0.974 bits per heavy atom. The third kappa shape index (κ3) is 2.71. The molecule has 3 heterocycles. The van der Waals surface area contributed by atoms with Crippen molar-refractivity contribution in [1.29, 1.82) is 0 Å². The number of nitrogens with zero attached hydrogens (tertiary/aromatic N) is 2. The number of hydrogen-bond donors (Lipinski definition) is 0. The van der Waals surface area contributed by atoms with Gasteiger partial charge in [0.15, 0.2) is 5.58 Å². The number of hydrogen-bond acceptors (Lipinski definition) is 1. The van der Waals surface area contributed by atoms with Crippen LogP contribution in [0.1, 0.15) is 0 Å². The van der Waals surface area contributed by atoms with E-state index in [4.69, 9.17) is 4.42 Å². The largest absolute Gasteiger partial charge is 0.454 e. The molecular formula is C36H22N2O. The van der Waals surface area contributed by atoms with Gasteiger partial charge >= 0.3 is 0 Å². The lowest BCUT2D eigenvalue weighted by molar-refractivity contribution is 0.671. The second-order valence-corrected chi connectivity index (χ2v) is 10.1. The topological polar surface area (TPSA) is 23.0 Å². The summed E-state index contributed by atoms with van der Waals surface area (Å²) < 4.78 is 11.5. The van der Waals surface area contributed by atoms with Crippen molar-refractivity contribution in [2.45, 2.75) is 0 Å². The van der Waals surface area contributed by atoms with E-state index in [9.17, 15) is 0 Å². The quantitative estimate of drug-likeness (QED) is 0.233. The Kier molecular flexibility index (Phi) is 4.05. The molecule has 3 nitrogen and oxygen atoms in total. The minimum Gasteiger partial charge on any atom is -0.454 e. The Balaban J connectivity index is 1.50. The van der Waals surface area contributed by atoms with Crippen molar-refractivity contribution in [1.82, 2.24) is 9.13 Å². The van der Waals surface area contributed by atoms with Crippen LogP contribution in [0.5, 0.6) is 0 Å². The van der Waals surface area contributed by atoms with E-state index in [1.54, 1.807) is 0 Å². The second kappa shape index (κ2) is 7.62. The Morgan fingerprint density at radius 1 is 0.385 bits per heavy atom. The molecule has 0 saturated heterocycles. The Morgan fingerprint density at radius 3 is 1.72 bits per heavy atom. The maximum Gasteiger partial charge on any atom is 0.160 e. The van der Waals surface area contributed by atoms with Crippen LogP contribution in [0.15, 0.2) is 138 Å². The molecule has 39 heavy (non-hydrogen) atoms. The summed E-state index contributed by atoms with van der Waals surface area (Å²) in [6.07, 6.45) is 0. The zero-order chi connectivity index (χ0) is 25.5. The van der Waals surface area contributed by atoms with Gasteiger partial charge in [0.05, 0.1) is 22.1 Å². The minimum atomic E-state index is 0.908. The first kappa shape index (κ1) is 20.7. The van der Waals surface area contributed by atoms with E-state index in [0.717, 1.165) is 33.4 Å². The van der Waals surface area contributed by atoms with Gasteiger partial charge in [-0.25, -0.2) is 0 Å². The highest BCUT2D eigenvalue weighted by Crippen LogP contribution is 2.44. The molecule has 182 valence electrons.